The molecule has 0 aliphatic heterocycles. The zero-order valence-electron chi connectivity index (χ0n) is 22.4. The normalized spacial score (nSPS) is 11.8. The molecule has 0 bridgehead atoms. The molecule has 4 aromatic carbocycles. The van der Waals surface area contributed by atoms with Gasteiger partial charge in [0.05, 0.1) is 0 Å². The number of benzene rings is 4. The summed E-state index contributed by atoms with van der Waals surface area (Å²) in [6.07, 6.45) is 13.3. The molecule has 4 rings (SSSR count). The van der Waals surface area contributed by atoms with Gasteiger partial charge in [0.2, 0.25) is 0 Å². The molecule has 0 heteroatoms. The Bertz CT molecular complexity index is 1220. The van der Waals surface area contributed by atoms with Crippen LogP contribution in [0, 0.1) is 41.5 Å². The lowest BCUT2D eigenvalue weighted by Gasteiger charge is -2.05. The van der Waals surface area contributed by atoms with Crippen molar-refractivity contribution in [2.24, 2.45) is 0 Å². The van der Waals surface area contributed by atoms with Crippen LogP contribution in [0.2, 0.25) is 0 Å². The van der Waals surface area contributed by atoms with Gasteiger partial charge in [0.1, 0.15) is 0 Å². The second-order valence-electron chi connectivity index (χ2n) is 10.2. The maximum Gasteiger partial charge on any atom is -0.0245 e. The summed E-state index contributed by atoms with van der Waals surface area (Å²) in [5.41, 5.74) is 15.0. The third-order valence-corrected chi connectivity index (χ3v) is 6.14. The van der Waals surface area contributed by atoms with Crippen molar-refractivity contribution in [3.05, 3.63) is 140 Å². The second-order valence-corrected chi connectivity index (χ2v) is 10.2. The molecule has 0 radical (unpaired) electrons. The van der Waals surface area contributed by atoms with Gasteiger partial charge >= 0.3 is 0 Å². The fourth-order valence-electron chi connectivity index (χ4n) is 4.89. The van der Waals surface area contributed by atoms with Gasteiger partial charge in [-0.1, -0.05) is 124 Å². The van der Waals surface area contributed by atoms with Gasteiger partial charge in [0.25, 0.3) is 0 Å². The Labute approximate surface area is 217 Å². The maximum absolute atomic E-state index is 2.26. The van der Waals surface area contributed by atoms with E-state index in [0.29, 0.717) is 0 Å². The minimum atomic E-state index is 1.19. The van der Waals surface area contributed by atoms with Crippen LogP contribution in [0.25, 0.3) is 36.5 Å². The second kappa shape index (κ2) is 11.2. The molecule has 0 amide bonds. The number of hydrogen-bond acceptors (Lipinski definition) is 0. The first-order valence-corrected chi connectivity index (χ1v) is 12.7. The first kappa shape index (κ1) is 25.2. The Morgan fingerprint density at radius 1 is 0.250 bits per heavy atom. The van der Waals surface area contributed by atoms with Crippen LogP contribution in [0.3, 0.4) is 0 Å². The third-order valence-electron chi connectivity index (χ3n) is 6.14. The zero-order valence-corrected chi connectivity index (χ0v) is 22.4. The van der Waals surface area contributed by atoms with E-state index < -0.39 is 0 Å². The maximum atomic E-state index is 2.26. The lowest BCUT2D eigenvalue weighted by atomic mass is 10.0. The average Bonchev–Trinajstić information content (AvgIpc) is 2.78. The molecule has 0 saturated carbocycles. The predicted molar refractivity (Wildman–Crippen MR) is 161 cm³/mol. The van der Waals surface area contributed by atoms with Gasteiger partial charge in [-0.15, -0.1) is 0 Å². The van der Waals surface area contributed by atoms with Crippen LogP contribution in [0.1, 0.15) is 66.8 Å². The molecule has 0 fully saturated rings. The molecule has 0 unspecified atom stereocenters. The van der Waals surface area contributed by atoms with Crippen LogP contribution in [-0.2, 0) is 0 Å². The van der Waals surface area contributed by atoms with E-state index in [1.54, 1.807) is 0 Å². The van der Waals surface area contributed by atoms with Gasteiger partial charge in [-0.25, -0.2) is 0 Å². The first-order valence-electron chi connectivity index (χ1n) is 12.7. The first-order chi connectivity index (χ1) is 17.2. The summed E-state index contributed by atoms with van der Waals surface area (Å²) in [6.45, 7) is 12.9. The van der Waals surface area contributed by atoms with Gasteiger partial charge in [-0.2, -0.15) is 0 Å². The van der Waals surface area contributed by atoms with E-state index in [1.165, 1.54) is 66.8 Å². The van der Waals surface area contributed by atoms with Gasteiger partial charge in [0, 0.05) is 0 Å². The quantitative estimate of drug-likeness (QED) is 0.247. The SMILES string of the molecule is Cc1cc(C)cc(C=Cc2cc(C=Cc3cc(C)cc(C)c3)cc(C=Cc3cc(C)cc(C)c3)c2)c1. The summed E-state index contributed by atoms with van der Waals surface area (Å²) in [7, 11) is 0. The molecule has 0 aromatic heterocycles. The van der Waals surface area contributed by atoms with E-state index in [4.69, 9.17) is 0 Å². The van der Waals surface area contributed by atoms with Crippen molar-refractivity contribution < 1.29 is 0 Å². The van der Waals surface area contributed by atoms with Crippen LogP contribution >= 0.6 is 0 Å². The van der Waals surface area contributed by atoms with E-state index in [9.17, 15) is 0 Å². The lowest BCUT2D eigenvalue weighted by Crippen LogP contribution is -1.84. The average molecular weight is 469 g/mol. The molecule has 0 N–H and O–H groups in total. The predicted octanol–water partition coefficient (Wildman–Crippen LogP) is 10.0. The highest BCUT2D eigenvalue weighted by Gasteiger charge is 1.99. The molecule has 4 aromatic rings. The molecule has 0 nitrogen and oxygen atoms in total. The van der Waals surface area contributed by atoms with E-state index in [1.807, 2.05) is 0 Å². The highest BCUT2D eigenvalue weighted by Crippen LogP contribution is 2.21. The smallest absolute Gasteiger partial charge is 0.0245 e. The highest BCUT2D eigenvalue weighted by atomic mass is 14.0. The van der Waals surface area contributed by atoms with Crippen LogP contribution in [0.15, 0.2) is 72.8 Å². The fourth-order valence-corrected chi connectivity index (χ4v) is 4.89. The molecular formula is C36H36. The Balaban J connectivity index is 1.70. The Kier molecular flexibility index (Phi) is 7.86. The van der Waals surface area contributed by atoms with Crippen LogP contribution in [0.5, 0.6) is 0 Å². The molecule has 0 aliphatic rings. The van der Waals surface area contributed by atoms with Crippen molar-refractivity contribution in [3.63, 3.8) is 0 Å². The van der Waals surface area contributed by atoms with Gasteiger partial charge in [-0.05, 0) is 93.1 Å². The van der Waals surface area contributed by atoms with Crippen molar-refractivity contribution >= 4 is 36.5 Å². The third kappa shape index (κ3) is 7.30. The van der Waals surface area contributed by atoms with E-state index >= 15 is 0 Å². The molecule has 0 spiro atoms. The van der Waals surface area contributed by atoms with E-state index in [2.05, 4.69) is 151 Å². The summed E-state index contributed by atoms with van der Waals surface area (Å²) in [5, 5.41) is 0. The number of rotatable bonds is 6. The van der Waals surface area contributed by atoms with Gasteiger partial charge < -0.3 is 0 Å². The number of hydrogen-bond donors (Lipinski definition) is 0. The molecule has 180 valence electrons. The van der Waals surface area contributed by atoms with Crippen LogP contribution < -0.4 is 0 Å². The summed E-state index contributed by atoms with van der Waals surface area (Å²) < 4.78 is 0. The van der Waals surface area contributed by atoms with Gasteiger partial charge in [-0.3, -0.25) is 0 Å². The molecule has 0 aliphatic carbocycles. The topological polar surface area (TPSA) is 0 Å². The fraction of sp³-hybridized carbons (Fsp3) is 0.167. The summed E-state index contributed by atoms with van der Waals surface area (Å²) in [6, 6.07) is 26.8. The Hall–Kier alpha value is -3.90. The van der Waals surface area contributed by atoms with Crippen molar-refractivity contribution in [2.75, 3.05) is 0 Å². The molecule has 36 heavy (non-hydrogen) atoms. The van der Waals surface area contributed by atoms with Crippen LogP contribution in [0.4, 0.5) is 0 Å². The summed E-state index contributed by atoms with van der Waals surface area (Å²) >= 11 is 0. The molecule has 0 atom stereocenters. The lowest BCUT2D eigenvalue weighted by molar-refractivity contribution is 1.37. The largest absolute Gasteiger partial charge is 0.0563 e. The van der Waals surface area contributed by atoms with E-state index in [-0.39, 0.29) is 0 Å². The zero-order chi connectivity index (χ0) is 25.7. The molecular weight excluding hydrogens is 432 g/mol. The summed E-state index contributed by atoms with van der Waals surface area (Å²) in [5.74, 6) is 0. The van der Waals surface area contributed by atoms with Crippen LogP contribution in [-0.4, -0.2) is 0 Å². The minimum Gasteiger partial charge on any atom is -0.0563 e. The minimum absolute atomic E-state index is 1.19. The Morgan fingerprint density at radius 2 is 0.417 bits per heavy atom. The molecule has 0 heterocycles. The Morgan fingerprint density at radius 3 is 0.611 bits per heavy atom. The van der Waals surface area contributed by atoms with Crippen molar-refractivity contribution in [3.8, 4) is 0 Å². The summed E-state index contributed by atoms with van der Waals surface area (Å²) in [4.78, 5) is 0. The van der Waals surface area contributed by atoms with Crippen molar-refractivity contribution in [1.29, 1.82) is 0 Å². The van der Waals surface area contributed by atoms with Crippen molar-refractivity contribution in [1.82, 2.24) is 0 Å². The molecule has 0 saturated heterocycles. The number of aryl methyl sites for hydroxylation is 6. The standard InChI is InChI=1S/C36H36/c1-25-13-26(2)17-31(16-25)7-10-34-22-35(11-8-32-18-27(3)14-28(4)19-32)24-36(23-34)12-9-33-20-29(5)15-30(6)21-33/h7-24H,1-6H3. The van der Waals surface area contributed by atoms with Gasteiger partial charge in [0.15, 0.2) is 0 Å². The highest BCUT2D eigenvalue weighted by molar-refractivity contribution is 5.79. The monoisotopic (exact) mass is 468 g/mol. The van der Waals surface area contributed by atoms with Crippen molar-refractivity contribution in [2.45, 2.75) is 41.5 Å². The van der Waals surface area contributed by atoms with E-state index in [0.717, 1.165) is 0 Å².